The highest BCUT2D eigenvalue weighted by Crippen LogP contribution is 2.41. The van der Waals surface area contributed by atoms with Crippen molar-refractivity contribution >= 4 is 18.1 Å². The van der Waals surface area contributed by atoms with Gasteiger partial charge in [-0.25, -0.2) is 14.6 Å². The van der Waals surface area contributed by atoms with Crippen LogP contribution in [0.15, 0.2) is 4.99 Å². The van der Waals surface area contributed by atoms with Crippen LogP contribution in [-0.2, 0) is 9.59 Å². The Morgan fingerprint density at radius 2 is 1.78 bits per heavy atom. The molecule has 0 aromatic rings. The highest BCUT2D eigenvalue weighted by Gasteiger charge is 2.64. The number of carbonyl (C=O) groups is 2. The number of halogens is 4. The number of hydrogen-bond acceptors (Lipinski definition) is 4. The second kappa shape index (κ2) is 7.40. The van der Waals surface area contributed by atoms with Gasteiger partial charge in [0.05, 0.1) is 19.6 Å². The fraction of sp³-hybridized carbons (Fsp3) is 0.750. The number of carboxylic acid groups (broad SMARTS) is 1. The van der Waals surface area contributed by atoms with E-state index in [1.165, 1.54) is 6.08 Å². The van der Waals surface area contributed by atoms with Crippen LogP contribution in [-0.4, -0.2) is 65.6 Å². The fourth-order valence-corrected chi connectivity index (χ4v) is 2.13. The molecule has 0 aromatic heterocycles. The number of hydrogen-bond donors (Lipinski definition) is 2. The number of alkyl halides is 4. The molecule has 130 valence electrons. The zero-order valence-electron chi connectivity index (χ0n) is 11.9. The molecule has 23 heavy (non-hydrogen) atoms. The minimum Gasteiger partial charge on any atom is -0.465 e. The van der Waals surface area contributed by atoms with Crippen molar-refractivity contribution in [3.63, 3.8) is 0 Å². The van der Waals surface area contributed by atoms with Gasteiger partial charge in [0.15, 0.2) is 0 Å². The molecule has 2 N–H and O–H groups in total. The van der Waals surface area contributed by atoms with Crippen LogP contribution in [0.3, 0.4) is 0 Å². The lowest BCUT2D eigenvalue weighted by molar-refractivity contribution is -0.172. The second-order valence-electron chi connectivity index (χ2n) is 5.07. The lowest BCUT2D eigenvalue weighted by atomic mass is 10.1. The molecule has 1 fully saturated rings. The Morgan fingerprint density at radius 1 is 1.22 bits per heavy atom. The maximum atomic E-state index is 13.1. The van der Waals surface area contributed by atoms with E-state index >= 15 is 0 Å². The van der Waals surface area contributed by atoms with Crippen molar-refractivity contribution in [2.24, 2.45) is 4.99 Å². The molecule has 1 aliphatic rings. The van der Waals surface area contributed by atoms with Crippen LogP contribution in [0.1, 0.15) is 19.3 Å². The average Bonchev–Trinajstić information content (AvgIpc) is 2.64. The van der Waals surface area contributed by atoms with Gasteiger partial charge in [-0.05, 0) is 19.3 Å². The van der Waals surface area contributed by atoms with Gasteiger partial charge in [0.1, 0.15) is 6.04 Å². The zero-order chi connectivity index (χ0) is 17.7. The van der Waals surface area contributed by atoms with Gasteiger partial charge in [0.2, 0.25) is 12.0 Å². The summed E-state index contributed by atoms with van der Waals surface area (Å²) in [4.78, 5) is 36.1. The minimum atomic E-state index is -4.35. The van der Waals surface area contributed by atoms with Crippen molar-refractivity contribution in [3.05, 3.63) is 0 Å². The largest absolute Gasteiger partial charge is 0.465 e. The molecule has 0 bridgehead atoms. The first-order valence-electron chi connectivity index (χ1n) is 6.68. The Kier molecular flexibility index (Phi) is 6.08. The molecule has 0 aromatic carbocycles. The maximum Gasteiger partial charge on any atom is 0.405 e. The minimum absolute atomic E-state index is 0.0901. The lowest BCUT2D eigenvalue weighted by Gasteiger charge is -2.22. The van der Waals surface area contributed by atoms with Crippen LogP contribution < -0.4 is 5.32 Å². The topological polar surface area (TPSA) is 99.1 Å². The van der Waals surface area contributed by atoms with Crippen molar-refractivity contribution < 1.29 is 37.1 Å². The van der Waals surface area contributed by atoms with Gasteiger partial charge in [0.25, 0.3) is 0 Å². The van der Waals surface area contributed by atoms with E-state index < -0.39 is 43.0 Å². The molecule has 0 unspecified atom stereocenters. The summed E-state index contributed by atoms with van der Waals surface area (Å²) in [6, 6.07) is -1.42. The number of unbranched alkanes of at least 4 members (excludes halogenated alkanes) is 1. The summed E-state index contributed by atoms with van der Waals surface area (Å²) < 4.78 is 52.5. The number of aliphatic imine (C=N–C) groups is 1. The van der Waals surface area contributed by atoms with Gasteiger partial charge in [-0.1, -0.05) is 0 Å². The van der Waals surface area contributed by atoms with E-state index in [9.17, 15) is 31.9 Å². The average molecular weight is 341 g/mol. The number of carbonyl (C=O) groups excluding carboxylic acids is 2. The van der Waals surface area contributed by atoms with E-state index in [-0.39, 0.29) is 24.3 Å². The summed E-state index contributed by atoms with van der Waals surface area (Å²) >= 11 is 0. The number of nitrogens with one attached hydrogen (secondary N) is 1. The van der Waals surface area contributed by atoms with E-state index in [0.29, 0.717) is 6.42 Å². The zero-order valence-corrected chi connectivity index (χ0v) is 11.9. The number of rotatable bonds is 7. The third kappa shape index (κ3) is 4.92. The van der Waals surface area contributed by atoms with Gasteiger partial charge in [-0.2, -0.15) is 17.6 Å². The molecular formula is C12H15F4N3O4. The van der Waals surface area contributed by atoms with Gasteiger partial charge in [-0.3, -0.25) is 4.79 Å². The first-order valence-corrected chi connectivity index (χ1v) is 6.68. The van der Waals surface area contributed by atoms with Gasteiger partial charge in [0, 0.05) is 0 Å². The third-order valence-corrected chi connectivity index (χ3v) is 3.30. The monoisotopic (exact) mass is 341 g/mol. The SMILES string of the molecule is O=C=NCCCC[C@H](NC(=O)O)C(=O)N1CC(F)(F)C(F)(F)C1. The molecule has 0 spiro atoms. The Hall–Kier alpha value is -2.16. The van der Waals surface area contributed by atoms with Crippen LogP contribution in [0.2, 0.25) is 0 Å². The Bertz CT molecular complexity index is 493. The molecule has 1 saturated heterocycles. The van der Waals surface area contributed by atoms with Gasteiger partial charge in [-0.15, -0.1) is 0 Å². The van der Waals surface area contributed by atoms with Crippen LogP contribution in [0.4, 0.5) is 22.4 Å². The molecule has 0 saturated carbocycles. The number of likely N-dealkylation sites (tertiary alicyclic amines) is 1. The first kappa shape index (κ1) is 18.9. The van der Waals surface area contributed by atoms with Crippen molar-refractivity contribution in [1.82, 2.24) is 10.2 Å². The summed E-state index contributed by atoms with van der Waals surface area (Å²) in [7, 11) is 0. The molecule has 0 radical (unpaired) electrons. The van der Waals surface area contributed by atoms with Crippen LogP contribution in [0.5, 0.6) is 0 Å². The Balaban J connectivity index is 2.69. The van der Waals surface area contributed by atoms with Crippen LogP contribution >= 0.6 is 0 Å². The number of isocyanates is 1. The van der Waals surface area contributed by atoms with Crippen molar-refractivity contribution in [1.29, 1.82) is 0 Å². The smallest absolute Gasteiger partial charge is 0.405 e. The standard InChI is InChI=1S/C12H15F4N3O4/c13-11(14)5-19(6-12(11,15)16)9(21)8(18-10(22)23)3-1-2-4-17-7-20/h8,18H,1-6H2,(H,22,23)/t8-/m0/s1. The Labute approximate surface area is 128 Å². The number of amides is 2. The highest BCUT2D eigenvalue weighted by atomic mass is 19.3. The molecule has 1 rings (SSSR count). The summed E-state index contributed by atoms with van der Waals surface area (Å²) in [5, 5.41) is 10.5. The van der Waals surface area contributed by atoms with Crippen molar-refractivity contribution in [2.75, 3.05) is 19.6 Å². The normalized spacial score (nSPS) is 19.7. The number of nitrogens with zero attached hydrogens (tertiary/aromatic N) is 2. The first-order chi connectivity index (χ1) is 10.6. The molecule has 11 heteroatoms. The lowest BCUT2D eigenvalue weighted by Crippen LogP contribution is -2.48. The molecule has 0 aliphatic carbocycles. The third-order valence-electron chi connectivity index (χ3n) is 3.30. The van der Waals surface area contributed by atoms with E-state index in [1.54, 1.807) is 0 Å². The highest BCUT2D eigenvalue weighted by molar-refractivity contribution is 5.85. The summed E-state index contributed by atoms with van der Waals surface area (Å²) in [5.41, 5.74) is 0. The van der Waals surface area contributed by atoms with Crippen LogP contribution in [0, 0.1) is 0 Å². The summed E-state index contributed by atoms with van der Waals surface area (Å²) in [5.74, 6) is -9.84. The molecule has 1 heterocycles. The maximum absolute atomic E-state index is 13.1. The predicted octanol–water partition coefficient (Wildman–Crippen LogP) is 1.24. The van der Waals surface area contributed by atoms with E-state index in [1.807, 2.05) is 5.32 Å². The van der Waals surface area contributed by atoms with Gasteiger partial charge < -0.3 is 15.3 Å². The second-order valence-corrected chi connectivity index (χ2v) is 5.07. The van der Waals surface area contributed by atoms with E-state index in [2.05, 4.69) is 4.99 Å². The molecule has 1 aliphatic heterocycles. The van der Waals surface area contributed by atoms with E-state index in [4.69, 9.17) is 5.11 Å². The molecule has 1 atom stereocenters. The predicted molar refractivity (Wildman–Crippen MR) is 68.3 cm³/mol. The van der Waals surface area contributed by atoms with Crippen LogP contribution in [0.25, 0.3) is 0 Å². The molecular weight excluding hydrogens is 326 g/mol. The summed E-state index contributed by atoms with van der Waals surface area (Å²) in [6.45, 7) is -2.82. The fourth-order valence-electron chi connectivity index (χ4n) is 2.13. The van der Waals surface area contributed by atoms with E-state index in [0.717, 1.165) is 0 Å². The van der Waals surface area contributed by atoms with Crippen molar-refractivity contribution in [2.45, 2.75) is 37.1 Å². The molecule has 7 nitrogen and oxygen atoms in total. The summed E-state index contributed by atoms with van der Waals surface area (Å²) in [6.07, 6.45) is 0.195. The quantitative estimate of drug-likeness (QED) is 0.315. The van der Waals surface area contributed by atoms with Crippen molar-refractivity contribution in [3.8, 4) is 0 Å². The Morgan fingerprint density at radius 3 is 2.26 bits per heavy atom. The molecule has 2 amide bonds. The van der Waals surface area contributed by atoms with Gasteiger partial charge >= 0.3 is 17.9 Å².